The molecule has 8 nitrogen and oxygen atoms in total. The van der Waals surface area contributed by atoms with Crippen LogP contribution >= 0.6 is 0 Å². The summed E-state index contributed by atoms with van der Waals surface area (Å²) >= 11 is 0. The van der Waals surface area contributed by atoms with Crippen LogP contribution in [-0.4, -0.2) is 56.9 Å². The molecule has 1 N–H and O–H groups in total. The van der Waals surface area contributed by atoms with Crippen LogP contribution in [0.2, 0.25) is 0 Å². The predicted molar refractivity (Wildman–Crippen MR) is 127 cm³/mol. The van der Waals surface area contributed by atoms with Crippen molar-refractivity contribution >= 4 is 17.7 Å². The molecule has 1 aromatic heterocycles. The van der Waals surface area contributed by atoms with Crippen molar-refractivity contribution < 1.29 is 18.8 Å². The number of likely N-dealkylation sites (tertiary alicyclic amines) is 1. The fourth-order valence-corrected chi connectivity index (χ4v) is 5.30. The molecule has 35 heavy (non-hydrogen) atoms. The Morgan fingerprint density at radius 2 is 1.71 bits per heavy atom. The van der Waals surface area contributed by atoms with Crippen LogP contribution in [0.15, 0.2) is 24.3 Å². The van der Waals surface area contributed by atoms with Gasteiger partial charge in [-0.25, -0.2) is 4.39 Å². The molecule has 1 saturated carbocycles. The molecule has 0 atom stereocenters. The number of rotatable bonds is 5. The fraction of sp³-hybridized carbons (Fsp3) is 0.538. The topological polar surface area (TPSA) is 87.5 Å². The number of carbonyl (C=O) groups excluding carboxylic acids is 3. The third-order valence-corrected chi connectivity index (χ3v) is 7.74. The maximum Gasteiger partial charge on any atom is 0.274 e. The van der Waals surface area contributed by atoms with Gasteiger partial charge in [0.25, 0.3) is 5.91 Å². The lowest BCUT2D eigenvalue weighted by atomic mass is 9.84. The number of aryl methyl sites for hydroxylation is 1. The number of hydrogen-bond donors (Lipinski definition) is 1. The first-order chi connectivity index (χ1) is 16.9. The number of aromatic nitrogens is 2. The van der Waals surface area contributed by atoms with Crippen LogP contribution in [0.4, 0.5) is 4.39 Å². The van der Waals surface area contributed by atoms with Crippen molar-refractivity contribution in [1.29, 1.82) is 0 Å². The maximum atomic E-state index is 13.4. The van der Waals surface area contributed by atoms with E-state index < -0.39 is 0 Å². The summed E-state index contributed by atoms with van der Waals surface area (Å²) in [6.45, 7) is 2.46. The van der Waals surface area contributed by atoms with E-state index in [4.69, 9.17) is 0 Å². The van der Waals surface area contributed by atoms with Crippen LogP contribution in [0.3, 0.4) is 0 Å². The number of amides is 3. The minimum Gasteiger partial charge on any atom is -0.352 e. The molecule has 2 aliphatic heterocycles. The number of nitrogens with zero attached hydrogens (tertiary/aromatic N) is 4. The lowest BCUT2D eigenvalue weighted by molar-refractivity contribution is -0.139. The Hall–Kier alpha value is -3.23. The maximum absolute atomic E-state index is 13.4. The van der Waals surface area contributed by atoms with Gasteiger partial charge in [-0.3, -0.25) is 19.1 Å². The normalized spacial score (nSPS) is 18.7. The molecule has 3 amide bonds. The highest BCUT2D eigenvalue weighted by Crippen LogP contribution is 2.31. The van der Waals surface area contributed by atoms with Gasteiger partial charge >= 0.3 is 0 Å². The van der Waals surface area contributed by atoms with Gasteiger partial charge in [0.05, 0.1) is 0 Å². The Labute approximate surface area is 204 Å². The van der Waals surface area contributed by atoms with E-state index in [0.717, 1.165) is 36.1 Å². The van der Waals surface area contributed by atoms with Crippen molar-refractivity contribution in [1.82, 2.24) is 24.9 Å². The molecule has 186 valence electrons. The summed E-state index contributed by atoms with van der Waals surface area (Å²) in [5.41, 5.74) is 3.18. The number of fused-ring (bicyclic) bond motifs is 1. The lowest BCUT2D eigenvalue weighted by Crippen LogP contribution is -2.44. The third-order valence-electron chi connectivity index (χ3n) is 7.74. The highest BCUT2D eigenvalue weighted by atomic mass is 19.1. The summed E-state index contributed by atoms with van der Waals surface area (Å²) in [7, 11) is 1.86. The lowest BCUT2D eigenvalue weighted by Gasteiger charge is -2.34. The molecule has 1 saturated heterocycles. The minimum absolute atomic E-state index is 0.0400. The van der Waals surface area contributed by atoms with E-state index in [0.29, 0.717) is 57.7 Å². The highest BCUT2D eigenvalue weighted by molar-refractivity contribution is 5.94. The number of benzene rings is 1. The quantitative estimate of drug-likeness (QED) is 0.711. The average molecular weight is 482 g/mol. The first-order valence-corrected chi connectivity index (χ1v) is 12.6. The molecular weight excluding hydrogens is 449 g/mol. The number of piperidine rings is 1. The largest absolute Gasteiger partial charge is 0.352 e. The van der Waals surface area contributed by atoms with Crippen molar-refractivity contribution in [3.8, 4) is 0 Å². The molecule has 0 spiro atoms. The summed E-state index contributed by atoms with van der Waals surface area (Å²) in [6.07, 6.45) is 4.93. The van der Waals surface area contributed by atoms with E-state index in [1.807, 2.05) is 11.9 Å². The zero-order valence-electron chi connectivity index (χ0n) is 20.1. The Kier molecular flexibility index (Phi) is 6.58. The van der Waals surface area contributed by atoms with Gasteiger partial charge in [0.1, 0.15) is 5.82 Å². The van der Waals surface area contributed by atoms with Crippen molar-refractivity contribution in [2.75, 3.05) is 19.6 Å². The van der Waals surface area contributed by atoms with Gasteiger partial charge in [-0.2, -0.15) is 5.10 Å². The van der Waals surface area contributed by atoms with E-state index in [1.165, 1.54) is 12.1 Å². The van der Waals surface area contributed by atoms with Crippen LogP contribution in [0.5, 0.6) is 0 Å². The number of carbonyl (C=O) groups is 3. The summed E-state index contributed by atoms with van der Waals surface area (Å²) in [5.74, 6) is -0.277. The number of hydrogen-bond acceptors (Lipinski definition) is 4. The average Bonchev–Trinajstić information content (AvgIpc) is 3.17. The van der Waals surface area contributed by atoms with Gasteiger partial charge in [-0.15, -0.1) is 0 Å². The molecule has 0 bridgehead atoms. The molecule has 2 fully saturated rings. The molecule has 9 heteroatoms. The third kappa shape index (κ3) is 4.81. The van der Waals surface area contributed by atoms with Gasteiger partial charge in [0.2, 0.25) is 11.8 Å². The zero-order chi connectivity index (χ0) is 24.5. The van der Waals surface area contributed by atoms with Crippen molar-refractivity contribution in [2.45, 2.75) is 51.6 Å². The molecule has 3 heterocycles. The summed E-state index contributed by atoms with van der Waals surface area (Å²) in [4.78, 5) is 42.5. The molecule has 0 radical (unpaired) electrons. The zero-order valence-corrected chi connectivity index (χ0v) is 20.1. The Morgan fingerprint density at radius 3 is 2.37 bits per heavy atom. The molecule has 1 aliphatic carbocycles. The van der Waals surface area contributed by atoms with E-state index in [9.17, 15) is 18.8 Å². The molecule has 2 aromatic rings. The van der Waals surface area contributed by atoms with Gasteiger partial charge < -0.3 is 15.1 Å². The second kappa shape index (κ2) is 9.79. The van der Waals surface area contributed by atoms with Crippen LogP contribution in [0, 0.1) is 17.7 Å². The van der Waals surface area contributed by atoms with Crippen molar-refractivity contribution in [3.63, 3.8) is 0 Å². The Bertz CT molecular complexity index is 1120. The molecule has 5 rings (SSSR count). The van der Waals surface area contributed by atoms with Gasteiger partial charge in [-0.1, -0.05) is 18.6 Å². The van der Waals surface area contributed by atoms with Crippen molar-refractivity contribution in [3.05, 3.63) is 52.6 Å². The fourth-order valence-electron chi connectivity index (χ4n) is 5.30. The summed E-state index contributed by atoms with van der Waals surface area (Å²) in [6, 6.07) is 6.07. The molecule has 1 aromatic carbocycles. The SMILES string of the molecule is Cn1nc(C(=O)N2CCC(C(=O)NCc3ccc(F)cc3)CC2)c2c1CCN(C(=O)C1CCC1)C2. The highest BCUT2D eigenvalue weighted by Gasteiger charge is 2.36. The summed E-state index contributed by atoms with van der Waals surface area (Å²) in [5, 5.41) is 7.47. The predicted octanol–water partition coefficient (Wildman–Crippen LogP) is 2.41. The van der Waals surface area contributed by atoms with Crippen LogP contribution in [0.25, 0.3) is 0 Å². The van der Waals surface area contributed by atoms with Crippen LogP contribution in [0.1, 0.15) is 59.4 Å². The summed E-state index contributed by atoms with van der Waals surface area (Å²) < 4.78 is 14.8. The van der Waals surface area contributed by atoms with E-state index >= 15 is 0 Å². The van der Waals surface area contributed by atoms with Crippen LogP contribution < -0.4 is 5.32 Å². The Morgan fingerprint density at radius 1 is 1.00 bits per heavy atom. The monoisotopic (exact) mass is 481 g/mol. The van der Waals surface area contributed by atoms with E-state index in [2.05, 4.69) is 10.4 Å². The number of nitrogens with one attached hydrogen (secondary N) is 1. The first-order valence-electron chi connectivity index (χ1n) is 12.6. The number of halogens is 1. The Balaban J connectivity index is 1.18. The second-order valence-electron chi connectivity index (χ2n) is 9.95. The van der Waals surface area contributed by atoms with Gasteiger partial charge in [0.15, 0.2) is 5.69 Å². The van der Waals surface area contributed by atoms with E-state index in [1.54, 1.807) is 21.7 Å². The molecular formula is C26H32FN5O3. The van der Waals surface area contributed by atoms with Crippen LogP contribution in [-0.2, 0) is 36.1 Å². The van der Waals surface area contributed by atoms with Gasteiger partial charge in [-0.05, 0) is 43.4 Å². The smallest absolute Gasteiger partial charge is 0.274 e. The first kappa shape index (κ1) is 23.5. The molecule has 3 aliphatic rings. The van der Waals surface area contributed by atoms with Crippen molar-refractivity contribution in [2.24, 2.45) is 18.9 Å². The minimum atomic E-state index is -0.302. The standard InChI is InChI=1S/C26H32FN5O3/c1-30-22-11-14-32(25(34)19-3-2-4-19)16-21(22)23(29-30)26(35)31-12-9-18(10-13-31)24(33)28-15-17-5-7-20(27)8-6-17/h5-8,18-19H,2-4,9-16H2,1H3,(H,28,33). The van der Waals surface area contributed by atoms with Gasteiger partial charge in [0, 0.05) is 69.3 Å². The molecule has 0 unspecified atom stereocenters. The second-order valence-corrected chi connectivity index (χ2v) is 9.95. The van der Waals surface area contributed by atoms with E-state index in [-0.39, 0.29) is 35.4 Å².